The van der Waals surface area contributed by atoms with Crippen molar-refractivity contribution in [2.75, 3.05) is 5.32 Å². The highest BCUT2D eigenvalue weighted by atomic mass is 16.2. The molecule has 1 saturated heterocycles. The van der Waals surface area contributed by atoms with E-state index in [0.717, 1.165) is 0 Å². The van der Waals surface area contributed by atoms with E-state index >= 15 is 0 Å². The van der Waals surface area contributed by atoms with E-state index < -0.39 is 17.5 Å². The van der Waals surface area contributed by atoms with Gasteiger partial charge in [-0.1, -0.05) is 12.1 Å². The average molecular weight is 392 g/mol. The molecule has 4 amide bonds. The van der Waals surface area contributed by atoms with Gasteiger partial charge in [-0.05, 0) is 44.5 Å². The number of fused-ring (bicyclic) bond motifs is 1. The molecule has 9 nitrogen and oxygen atoms in total. The maximum Gasteiger partial charge on any atom is 0.322 e. The zero-order chi connectivity index (χ0) is 20.9. The Bertz CT molecular complexity index is 1200. The van der Waals surface area contributed by atoms with Crippen LogP contribution in [0.5, 0.6) is 0 Å². The van der Waals surface area contributed by atoms with Crippen LogP contribution in [0.1, 0.15) is 34.2 Å². The summed E-state index contributed by atoms with van der Waals surface area (Å²) in [7, 11) is 1.79. The first-order valence-corrected chi connectivity index (χ1v) is 9.05. The van der Waals surface area contributed by atoms with E-state index in [1.54, 1.807) is 49.0 Å². The first-order valence-electron chi connectivity index (χ1n) is 9.05. The van der Waals surface area contributed by atoms with Crippen molar-refractivity contribution in [1.82, 2.24) is 25.4 Å². The maximum atomic E-state index is 13.0. The van der Waals surface area contributed by atoms with Gasteiger partial charge in [0, 0.05) is 18.4 Å². The van der Waals surface area contributed by atoms with Gasteiger partial charge in [-0.3, -0.25) is 19.6 Å². The molecule has 1 fully saturated rings. The number of rotatable bonds is 3. The second-order valence-electron chi connectivity index (χ2n) is 7.29. The molecule has 0 saturated carbocycles. The van der Waals surface area contributed by atoms with Gasteiger partial charge in [0.1, 0.15) is 5.54 Å². The Hall–Kier alpha value is -3.75. The van der Waals surface area contributed by atoms with Crippen LogP contribution in [0, 0.1) is 13.8 Å². The summed E-state index contributed by atoms with van der Waals surface area (Å²) >= 11 is 0. The lowest BCUT2D eigenvalue weighted by Crippen LogP contribution is -2.40. The number of benzene rings is 1. The van der Waals surface area contributed by atoms with Gasteiger partial charge in [0.15, 0.2) is 5.65 Å². The number of nitrogens with zero attached hydrogens (tertiary/aromatic N) is 3. The number of nitrogens with one attached hydrogen (secondary N) is 3. The molecule has 1 atom stereocenters. The molecule has 3 N–H and O–H groups in total. The highest BCUT2D eigenvalue weighted by Crippen LogP contribution is 2.27. The van der Waals surface area contributed by atoms with Crippen LogP contribution in [-0.4, -0.2) is 32.6 Å². The number of urea groups is 1. The predicted molar refractivity (Wildman–Crippen MR) is 106 cm³/mol. The molecule has 3 heterocycles. The number of amides is 4. The van der Waals surface area contributed by atoms with Crippen LogP contribution in [0.4, 0.5) is 10.5 Å². The molecule has 0 aliphatic carbocycles. The number of aryl methyl sites for hydroxylation is 3. The SMILES string of the molecule is Cc1cc(C(=O)Nc2cccc(C3(C)NC(=O)NC3=O)c2)c2c(C)nn(C)c2n1. The molecule has 4 rings (SSSR count). The van der Waals surface area contributed by atoms with Crippen molar-refractivity contribution in [3.8, 4) is 0 Å². The molecule has 3 aromatic rings. The molecule has 9 heteroatoms. The molecule has 1 aromatic carbocycles. The number of hydrogen-bond donors (Lipinski definition) is 3. The van der Waals surface area contributed by atoms with Crippen LogP contribution in [0.15, 0.2) is 30.3 Å². The molecule has 0 spiro atoms. The standard InChI is InChI=1S/C20H20N6O3/c1-10-8-14(15-11(2)25-26(4)16(15)21-10)17(27)22-13-7-5-6-12(9-13)20(3)18(28)23-19(29)24-20/h5-9H,1-4H3,(H,22,27)(H2,23,24,28,29). The fraction of sp³-hybridized carbons (Fsp3) is 0.250. The van der Waals surface area contributed by atoms with Crippen molar-refractivity contribution < 1.29 is 14.4 Å². The summed E-state index contributed by atoms with van der Waals surface area (Å²) in [6.07, 6.45) is 0. The Morgan fingerprint density at radius 3 is 2.66 bits per heavy atom. The average Bonchev–Trinajstić information content (AvgIpc) is 3.09. The lowest BCUT2D eigenvalue weighted by molar-refractivity contribution is -0.123. The Kier molecular flexibility index (Phi) is 4.11. The third kappa shape index (κ3) is 3.00. The number of carbonyl (C=O) groups excluding carboxylic acids is 3. The highest BCUT2D eigenvalue weighted by Gasteiger charge is 2.43. The molecule has 2 aromatic heterocycles. The van der Waals surface area contributed by atoms with Crippen LogP contribution < -0.4 is 16.0 Å². The summed E-state index contributed by atoms with van der Waals surface area (Å²) in [4.78, 5) is 41.3. The smallest absolute Gasteiger partial charge is 0.322 e. The molecule has 0 radical (unpaired) electrons. The lowest BCUT2D eigenvalue weighted by atomic mass is 9.92. The zero-order valence-electron chi connectivity index (χ0n) is 16.5. The maximum absolute atomic E-state index is 13.0. The van der Waals surface area contributed by atoms with Gasteiger partial charge in [-0.2, -0.15) is 5.10 Å². The lowest BCUT2D eigenvalue weighted by Gasteiger charge is -2.21. The van der Waals surface area contributed by atoms with Gasteiger partial charge in [0.2, 0.25) is 0 Å². The van der Waals surface area contributed by atoms with Crippen molar-refractivity contribution in [3.63, 3.8) is 0 Å². The Labute approximate surface area is 166 Å². The quantitative estimate of drug-likeness (QED) is 0.588. The number of carbonyl (C=O) groups is 3. The van der Waals surface area contributed by atoms with E-state index in [-0.39, 0.29) is 5.91 Å². The van der Waals surface area contributed by atoms with E-state index in [9.17, 15) is 14.4 Å². The molecule has 1 aliphatic rings. The monoisotopic (exact) mass is 392 g/mol. The summed E-state index contributed by atoms with van der Waals surface area (Å²) in [6.45, 7) is 5.27. The van der Waals surface area contributed by atoms with Gasteiger partial charge in [-0.15, -0.1) is 0 Å². The van der Waals surface area contributed by atoms with Crippen LogP contribution in [0.2, 0.25) is 0 Å². The van der Waals surface area contributed by atoms with Crippen LogP contribution in [0.25, 0.3) is 11.0 Å². The first-order chi connectivity index (χ1) is 13.7. The fourth-order valence-corrected chi connectivity index (χ4v) is 3.60. The second kappa shape index (κ2) is 6.40. The third-order valence-corrected chi connectivity index (χ3v) is 5.08. The molecule has 0 bridgehead atoms. The molecule has 1 unspecified atom stereocenters. The predicted octanol–water partition coefficient (Wildman–Crippen LogP) is 1.89. The fourth-order valence-electron chi connectivity index (χ4n) is 3.60. The minimum Gasteiger partial charge on any atom is -0.322 e. The number of aromatic nitrogens is 3. The number of imide groups is 1. The van der Waals surface area contributed by atoms with Gasteiger partial charge in [-0.25, -0.2) is 9.78 Å². The summed E-state index contributed by atoms with van der Waals surface area (Å²) in [5, 5.41) is 12.8. The summed E-state index contributed by atoms with van der Waals surface area (Å²) < 4.78 is 1.65. The largest absolute Gasteiger partial charge is 0.322 e. The van der Waals surface area contributed by atoms with Crippen LogP contribution in [-0.2, 0) is 17.4 Å². The minimum atomic E-state index is -1.20. The normalized spacial score (nSPS) is 18.6. The first kappa shape index (κ1) is 18.6. The summed E-state index contributed by atoms with van der Waals surface area (Å²) in [5.74, 6) is -0.748. The topological polar surface area (TPSA) is 118 Å². The van der Waals surface area contributed by atoms with Crippen molar-refractivity contribution in [1.29, 1.82) is 0 Å². The summed E-state index contributed by atoms with van der Waals surface area (Å²) in [6, 6.07) is 8.01. The minimum absolute atomic E-state index is 0.307. The van der Waals surface area contributed by atoms with Gasteiger partial charge in [0.25, 0.3) is 11.8 Å². The van der Waals surface area contributed by atoms with Crippen molar-refractivity contribution >= 4 is 34.6 Å². The number of anilines is 1. The highest BCUT2D eigenvalue weighted by molar-refractivity contribution is 6.13. The third-order valence-electron chi connectivity index (χ3n) is 5.08. The van der Waals surface area contributed by atoms with Crippen molar-refractivity contribution in [2.45, 2.75) is 26.3 Å². The van der Waals surface area contributed by atoms with E-state index in [4.69, 9.17) is 0 Å². The van der Waals surface area contributed by atoms with Crippen molar-refractivity contribution in [2.24, 2.45) is 7.05 Å². The Morgan fingerprint density at radius 2 is 1.97 bits per heavy atom. The zero-order valence-corrected chi connectivity index (χ0v) is 16.5. The molecule has 29 heavy (non-hydrogen) atoms. The molecule has 148 valence electrons. The Balaban J connectivity index is 1.70. The van der Waals surface area contributed by atoms with E-state index in [1.807, 2.05) is 13.8 Å². The molecular weight excluding hydrogens is 372 g/mol. The second-order valence-corrected chi connectivity index (χ2v) is 7.29. The molecule has 1 aliphatic heterocycles. The number of hydrogen-bond acceptors (Lipinski definition) is 5. The van der Waals surface area contributed by atoms with E-state index in [0.29, 0.717) is 39.2 Å². The van der Waals surface area contributed by atoms with Crippen LogP contribution in [0.3, 0.4) is 0 Å². The summed E-state index contributed by atoms with van der Waals surface area (Å²) in [5.41, 5.74) is 2.40. The van der Waals surface area contributed by atoms with Crippen LogP contribution >= 0.6 is 0 Å². The van der Waals surface area contributed by atoms with Gasteiger partial charge >= 0.3 is 6.03 Å². The van der Waals surface area contributed by atoms with Crippen molar-refractivity contribution in [3.05, 3.63) is 52.8 Å². The van der Waals surface area contributed by atoms with E-state index in [1.165, 1.54) is 0 Å². The van der Waals surface area contributed by atoms with Gasteiger partial charge in [0.05, 0.1) is 16.6 Å². The van der Waals surface area contributed by atoms with E-state index in [2.05, 4.69) is 26.0 Å². The molecular formula is C20H20N6O3. The Morgan fingerprint density at radius 1 is 1.21 bits per heavy atom. The number of pyridine rings is 1. The van der Waals surface area contributed by atoms with Gasteiger partial charge < -0.3 is 10.6 Å².